The molecule has 0 N–H and O–H groups in total. The van der Waals surface area contributed by atoms with Gasteiger partial charge in [-0.15, -0.1) is 5.10 Å². The predicted octanol–water partition coefficient (Wildman–Crippen LogP) is 3.96. The first-order valence-corrected chi connectivity index (χ1v) is 12.2. The van der Waals surface area contributed by atoms with Crippen LogP contribution >= 0.6 is 7.81 Å². The van der Waals surface area contributed by atoms with E-state index in [2.05, 4.69) is 50.3 Å². The minimum atomic E-state index is -10.7. The van der Waals surface area contributed by atoms with Crippen molar-refractivity contribution in [2.75, 3.05) is 61.9 Å². The second kappa shape index (κ2) is 12.8. The average Bonchev–Trinajstić information content (AvgIpc) is 3.09. The van der Waals surface area contributed by atoms with Crippen molar-refractivity contribution in [3.63, 3.8) is 0 Å². The summed E-state index contributed by atoms with van der Waals surface area (Å²) in [5.41, 5.74) is 1.29. The molecule has 0 saturated heterocycles. The molecule has 0 spiro atoms. The van der Waals surface area contributed by atoms with Crippen LogP contribution in [0, 0.1) is 0 Å². The number of aromatic nitrogens is 4. The van der Waals surface area contributed by atoms with Crippen molar-refractivity contribution in [3.8, 4) is 0 Å². The number of pyridine rings is 1. The van der Waals surface area contributed by atoms with E-state index < -0.39 is 7.81 Å². The minimum absolute atomic E-state index is 0.591. The van der Waals surface area contributed by atoms with Gasteiger partial charge in [-0.25, -0.2) is 24.4 Å². The molecule has 10 nitrogen and oxygen atoms in total. The Morgan fingerprint density at radius 3 is 2.20 bits per heavy atom. The molecule has 0 saturated carbocycles. The molecule has 0 atom stereocenters. The maximum atomic E-state index is 9.87. The van der Waals surface area contributed by atoms with Gasteiger partial charge < -0.3 is 4.90 Å². The fourth-order valence-electron chi connectivity index (χ4n) is 2.08. The van der Waals surface area contributed by atoms with Crippen LogP contribution < -0.4 is 4.84 Å². The molecule has 17 heteroatoms. The summed E-state index contributed by atoms with van der Waals surface area (Å²) >= 11 is 0. The van der Waals surface area contributed by atoms with Gasteiger partial charge in [-0.2, -0.15) is 0 Å². The van der Waals surface area contributed by atoms with Crippen molar-refractivity contribution < 1.29 is 34.6 Å². The second-order valence-corrected chi connectivity index (χ2v) is 9.46. The van der Waals surface area contributed by atoms with Gasteiger partial charge in [0.05, 0.1) is 40.7 Å². The molecule has 0 fully saturated rings. The molecule has 202 valence electrons. The summed E-state index contributed by atoms with van der Waals surface area (Å²) in [6.45, 7) is 4.67. The molecule has 0 aliphatic rings. The monoisotopic (exact) mass is 535 g/mol. The second-order valence-electron chi connectivity index (χ2n) is 7.54. The molecule has 2 heterocycles. The van der Waals surface area contributed by atoms with Crippen LogP contribution in [0.3, 0.4) is 0 Å². The van der Waals surface area contributed by atoms with Crippen LogP contribution in [0.1, 0.15) is 13.3 Å². The molecule has 0 aliphatic heterocycles. The summed E-state index contributed by atoms with van der Waals surface area (Å²) in [7, 11) is 1.02. The average molecular weight is 535 g/mol. The third kappa shape index (κ3) is 19.2. The first-order valence-electron chi connectivity index (χ1n) is 10.2. The Kier molecular flexibility index (Phi) is 11.7. The van der Waals surface area contributed by atoms with E-state index in [9.17, 15) is 25.2 Å². The van der Waals surface area contributed by atoms with E-state index in [1.807, 2.05) is 56.7 Å². The third-order valence-corrected chi connectivity index (χ3v) is 3.29. The van der Waals surface area contributed by atoms with Crippen LogP contribution in [0.5, 0.6) is 0 Å². The summed E-state index contributed by atoms with van der Waals surface area (Å²) in [6, 6.07) is 6.92. The zero-order valence-electron chi connectivity index (χ0n) is 20.7. The molecule has 0 aromatic carbocycles. The Balaban J connectivity index is 0.000000555. The van der Waals surface area contributed by atoms with Gasteiger partial charge in [0.25, 0.3) is 0 Å². The maximum absolute atomic E-state index is 10.7. The first kappa shape index (κ1) is 32.2. The molecule has 2 aromatic rings. The SMILES string of the molecule is CCN=C=NCCCN(C)C.CN(C)C(On1nnc2cccnc21)=[N+](C)C.F[P-](F)(F)(F)(F)F. The van der Waals surface area contributed by atoms with Crippen LogP contribution in [0.4, 0.5) is 25.2 Å². The number of hydrogen-bond donors (Lipinski definition) is 0. The van der Waals surface area contributed by atoms with Crippen molar-refractivity contribution in [1.29, 1.82) is 0 Å². The molecule has 35 heavy (non-hydrogen) atoms. The van der Waals surface area contributed by atoms with Crippen molar-refractivity contribution >= 4 is 31.0 Å². The standard InChI is InChI=1S/C10H15N6O.C8H17N3.F6P/c1-14(2)10(15(3)4)17-16-9-8(12-13-16)6-5-7-11-9;1-4-9-8-10-6-5-7-11(2)3;1-7(2,3,4,5)6/h5-7H,1-4H3;4-7H2,1-3H3;/q+1;;-1. The van der Waals surface area contributed by atoms with Crippen LogP contribution in [-0.2, 0) is 0 Å². The van der Waals surface area contributed by atoms with Gasteiger partial charge in [0.2, 0.25) is 5.65 Å². The Labute approximate surface area is 199 Å². The van der Waals surface area contributed by atoms with Crippen LogP contribution in [-0.4, -0.2) is 108 Å². The Bertz CT molecular complexity index is 1000. The molecule has 0 unspecified atom stereocenters. The van der Waals surface area contributed by atoms with Crippen molar-refractivity contribution in [2.45, 2.75) is 13.3 Å². The molecule has 2 aromatic heterocycles. The van der Waals surface area contributed by atoms with Crippen LogP contribution in [0.2, 0.25) is 0 Å². The van der Waals surface area contributed by atoms with E-state index in [-0.39, 0.29) is 0 Å². The predicted molar refractivity (Wildman–Crippen MR) is 125 cm³/mol. The van der Waals surface area contributed by atoms with E-state index in [1.165, 1.54) is 4.85 Å². The number of aliphatic imine (C=N–C) groups is 2. The van der Waals surface area contributed by atoms with Gasteiger partial charge in [-0.1, -0.05) is 0 Å². The van der Waals surface area contributed by atoms with Crippen molar-refractivity contribution in [3.05, 3.63) is 18.3 Å². The normalized spacial score (nSPS) is 12.6. The summed E-state index contributed by atoms with van der Waals surface area (Å²) in [4.78, 5) is 23.0. The number of fused-ring (bicyclic) bond motifs is 1. The molecule has 2 rings (SSSR count). The Hall–Kier alpha value is -2.83. The zero-order valence-corrected chi connectivity index (χ0v) is 21.6. The van der Waals surface area contributed by atoms with Gasteiger partial charge in [0, 0.05) is 12.7 Å². The fraction of sp³-hybridized carbons (Fsp3) is 0.611. The van der Waals surface area contributed by atoms with Gasteiger partial charge in [0.15, 0.2) is 0 Å². The topological polar surface area (TPSA) is 87.0 Å². The van der Waals surface area contributed by atoms with Gasteiger partial charge >= 0.3 is 39.0 Å². The van der Waals surface area contributed by atoms with E-state index in [0.717, 1.165) is 26.1 Å². The Morgan fingerprint density at radius 1 is 1.11 bits per heavy atom. The van der Waals surface area contributed by atoms with Crippen LogP contribution in [0.25, 0.3) is 11.2 Å². The first-order chi connectivity index (χ1) is 15.8. The summed E-state index contributed by atoms with van der Waals surface area (Å²) in [5.74, 6) is 0. The van der Waals surface area contributed by atoms with Gasteiger partial charge in [0.1, 0.15) is 5.52 Å². The summed E-state index contributed by atoms with van der Waals surface area (Å²) in [6.07, 6.45) is 2.76. The quantitative estimate of drug-likeness (QED) is 0.139. The van der Waals surface area contributed by atoms with E-state index in [1.54, 1.807) is 6.20 Å². The molecule has 0 radical (unpaired) electrons. The number of hydrogen-bond acceptors (Lipinski definition) is 7. The summed E-state index contributed by atoms with van der Waals surface area (Å²) in [5, 5.41) is 7.87. The number of amidine groups is 1. The zero-order chi connectivity index (χ0) is 27.3. The summed E-state index contributed by atoms with van der Waals surface area (Å²) < 4.78 is 61.0. The number of rotatable bonds is 6. The molecular formula is C18H32F6N9OP. The van der Waals surface area contributed by atoms with Gasteiger partial charge in [-0.3, -0.25) is 4.84 Å². The molecule has 0 bridgehead atoms. The molecule has 0 amide bonds. The van der Waals surface area contributed by atoms with E-state index in [0.29, 0.717) is 17.2 Å². The van der Waals surface area contributed by atoms with Crippen molar-refractivity contribution in [2.24, 2.45) is 9.98 Å². The van der Waals surface area contributed by atoms with Crippen molar-refractivity contribution in [1.82, 2.24) is 29.9 Å². The van der Waals surface area contributed by atoms with Gasteiger partial charge in [-0.05, 0) is 56.2 Å². The number of halogens is 6. The fourth-order valence-corrected chi connectivity index (χ4v) is 2.08. The van der Waals surface area contributed by atoms with E-state index in [4.69, 9.17) is 4.84 Å². The van der Waals surface area contributed by atoms with E-state index >= 15 is 0 Å². The third-order valence-electron chi connectivity index (χ3n) is 3.29. The Morgan fingerprint density at radius 2 is 1.71 bits per heavy atom. The number of nitrogens with zero attached hydrogens (tertiary/aromatic N) is 9. The van der Waals surface area contributed by atoms with Crippen LogP contribution in [0.15, 0.2) is 28.3 Å². The molecule has 0 aliphatic carbocycles. The molecular weight excluding hydrogens is 503 g/mol.